The van der Waals surface area contributed by atoms with Crippen LogP contribution in [0.15, 0.2) is 12.3 Å². The van der Waals surface area contributed by atoms with E-state index < -0.39 is 5.91 Å². The van der Waals surface area contributed by atoms with Crippen molar-refractivity contribution in [3.8, 4) is 0 Å². The maximum atomic E-state index is 12.4. The molecule has 19 heavy (non-hydrogen) atoms. The molecule has 1 aromatic heterocycles. The maximum absolute atomic E-state index is 12.4. The predicted molar refractivity (Wildman–Crippen MR) is 71.9 cm³/mol. The lowest BCUT2D eigenvalue weighted by atomic mass is 10.1. The largest absolute Gasteiger partial charge is 0.366 e. The van der Waals surface area contributed by atoms with Gasteiger partial charge in [0.05, 0.1) is 5.56 Å². The first kappa shape index (κ1) is 13.6. The van der Waals surface area contributed by atoms with E-state index in [-0.39, 0.29) is 5.91 Å². The van der Waals surface area contributed by atoms with Crippen molar-refractivity contribution in [1.82, 2.24) is 14.8 Å². The number of primary amides is 1. The molecule has 0 aliphatic carbocycles. The highest BCUT2D eigenvalue weighted by Crippen LogP contribution is 2.15. The zero-order valence-corrected chi connectivity index (χ0v) is 11.3. The Balaban J connectivity index is 2.17. The first-order chi connectivity index (χ1) is 9.02. The predicted octanol–water partition coefficient (Wildman–Crippen LogP) is -0.0520. The van der Waals surface area contributed by atoms with Crippen LogP contribution < -0.4 is 11.1 Å². The molecule has 1 aliphatic rings. The average molecular weight is 264 g/mol. The first-order valence-electron chi connectivity index (χ1n) is 6.45. The fourth-order valence-electron chi connectivity index (χ4n) is 2.47. The fourth-order valence-corrected chi connectivity index (χ4v) is 2.47. The molecule has 3 N–H and O–H groups in total. The number of nitrogens with two attached hydrogens (primary N) is 1. The van der Waals surface area contributed by atoms with Crippen LogP contribution in [0, 0.1) is 0 Å². The molecule has 1 unspecified atom stereocenters. The number of hydrogen-bond acceptors (Lipinski definition) is 3. The number of carbonyl (C=O) groups is 2. The van der Waals surface area contributed by atoms with Crippen LogP contribution in [0.4, 0.5) is 0 Å². The van der Waals surface area contributed by atoms with E-state index >= 15 is 0 Å². The Labute approximate surface area is 112 Å². The van der Waals surface area contributed by atoms with Crippen molar-refractivity contribution in [2.45, 2.75) is 18.9 Å². The van der Waals surface area contributed by atoms with Crippen LogP contribution in [0.2, 0.25) is 0 Å². The molecule has 0 saturated carbocycles. The molecule has 6 heteroatoms. The monoisotopic (exact) mass is 264 g/mol. The van der Waals surface area contributed by atoms with Crippen molar-refractivity contribution >= 4 is 11.8 Å². The van der Waals surface area contributed by atoms with Gasteiger partial charge in [-0.2, -0.15) is 0 Å². The minimum atomic E-state index is -0.513. The summed E-state index contributed by atoms with van der Waals surface area (Å²) in [5.41, 5.74) is 6.10. The second kappa shape index (κ2) is 5.44. The molecule has 0 radical (unpaired) electrons. The third-order valence-electron chi connectivity index (χ3n) is 3.63. The third kappa shape index (κ3) is 2.78. The summed E-state index contributed by atoms with van der Waals surface area (Å²) in [7, 11) is 3.66. The minimum Gasteiger partial charge on any atom is -0.366 e. The fraction of sp³-hybridized carbons (Fsp3) is 0.538. The van der Waals surface area contributed by atoms with Crippen molar-refractivity contribution in [3.05, 3.63) is 23.5 Å². The third-order valence-corrected chi connectivity index (χ3v) is 3.63. The molecule has 104 valence electrons. The number of hydrogen-bond donors (Lipinski definition) is 2. The van der Waals surface area contributed by atoms with Crippen molar-refractivity contribution < 1.29 is 9.59 Å². The highest BCUT2D eigenvalue weighted by atomic mass is 16.2. The van der Waals surface area contributed by atoms with E-state index in [2.05, 4.69) is 5.32 Å². The number of piperidine rings is 1. The molecule has 2 amide bonds. The second-order valence-corrected chi connectivity index (χ2v) is 4.97. The summed E-state index contributed by atoms with van der Waals surface area (Å²) in [4.78, 5) is 25.4. The van der Waals surface area contributed by atoms with Gasteiger partial charge in [0.15, 0.2) is 0 Å². The van der Waals surface area contributed by atoms with Gasteiger partial charge in [-0.25, -0.2) is 0 Å². The van der Waals surface area contributed by atoms with Crippen LogP contribution in [0.25, 0.3) is 0 Å². The van der Waals surface area contributed by atoms with Crippen LogP contribution >= 0.6 is 0 Å². The Bertz CT molecular complexity index is 495. The molecular formula is C13H20N4O2. The van der Waals surface area contributed by atoms with Gasteiger partial charge in [0, 0.05) is 32.4 Å². The zero-order chi connectivity index (χ0) is 14.0. The van der Waals surface area contributed by atoms with Gasteiger partial charge in [0.1, 0.15) is 5.69 Å². The van der Waals surface area contributed by atoms with E-state index in [0.717, 1.165) is 19.4 Å². The molecule has 1 fully saturated rings. The van der Waals surface area contributed by atoms with Crippen LogP contribution in [0.5, 0.6) is 0 Å². The van der Waals surface area contributed by atoms with Crippen molar-refractivity contribution in [2.24, 2.45) is 12.8 Å². The summed E-state index contributed by atoms with van der Waals surface area (Å²) in [6.45, 7) is 1.46. The van der Waals surface area contributed by atoms with E-state index in [4.69, 9.17) is 5.73 Å². The SMILES string of the molecule is CNC1CCCN(C(=O)c2cc(C(N)=O)cn2C)C1. The van der Waals surface area contributed by atoms with Gasteiger partial charge in [-0.05, 0) is 26.0 Å². The Morgan fingerprint density at radius 2 is 2.21 bits per heavy atom. The molecule has 0 aromatic carbocycles. The summed E-state index contributed by atoms with van der Waals surface area (Å²) < 4.78 is 1.66. The number of nitrogens with zero attached hydrogens (tertiary/aromatic N) is 2. The van der Waals surface area contributed by atoms with Crippen molar-refractivity contribution in [3.63, 3.8) is 0 Å². The molecule has 2 rings (SSSR count). The number of carbonyl (C=O) groups excluding carboxylic acids is 2. The number of nitrogens with one attached hydrogen (secondary N) is 1. The smallest absolute Gasteiger partial charge is 0.270 e. The highest BCUT2D eigenvalue weighted by molar-refractivity contribution is 5.98. The van der Waals surface area contributed by atoms with Crippen molar-refractivity contribution in [2.75, 3.05) is 20.1 Å². The summed E-state index contributed by atoms with van der Waals surface area (Å²) in [6.07, 6.45) is 3.67. The van der Waals surface area contributed by atoms with Gasteiger partial charge in [-0.3, -0.25) is 9.59 Å². The Kier molecular flexibility index (Phi) is 3.90. The van der Waals surface area contributed by atoms with Gasteiger partial charge in [0.2, 0.25) is 5.91 Å². The van der Waals surface area contributed by atoms with Crippen LogP contribution in [-0.2, 0) is 7.05 Å². The number of aromatic nitrogens is 1. The number of aryl methyl sites for hydroxylation is 1. The lowest BCUT2D eigenvalue weighted by Crippen LogP contribution is -2.47. The second-order valence-electron chi connectivity index (χ2n) is 4.97. The number of rotatable bonds is 3. The topological polar surface area (TPSA) is 80.4 Å². The van der Waals surface area contributed by atoms with Crippen LogP contribution in [0.1, 0.15) is 33.7 Å². The lowest BCUT2D eigenvalue weighted by Gasteiger charge is -2.32. The average Bonchev–Trinajstić information content (AvgIpc) is 2.80. The van der Waals surface area contributed by atoms with Crippen LogP contribution in [-0.4, -0.2) is 47.5 Å². The molecule has 6 nitrogen and oxygen atoms in total. The Morgan fingerprint density at radius 3 is 2.79 bits per heavy atom. The standard InChI is InChI=1S/C13H20N4O2/c1-15-10-4-3-5-17(8-10)13(19)11-6-9(12(14)18)7-16(11)2/h6-7,10,15H,3-5,8H2,1-2H3,(H2,14,18). The summed E-state index contributed by atoms with van der Waals surface area (Å²) in [5, 5.41) is 3.20. The van der Waals surface area contributed by atoms with Crippen molar-refractivity contribution in [1.29, 1.82) is 0 Å². The normalized spacial score (nSPS) is 19.5. The van der Waals surface area contributed by atoms with E-state index in [1.54, 1.807) is 23.9 Å². The van der Waals surface area contributed by atoms with Gasteiger partial charge >= 0.3 is 0 Å². The first-order valence-corrected chi connectivity index (χ1v) is 6.45. The molecule has 1 aliphatic heterocycles. The minimum absolute atomic E-state index is 0.0463. The molecule has 2 heterocycles. The molecule has 1 aromatic rings. The van der Waals surface area contributed by atoms with Gasteiger partial charge < -0.3 is 20.5 Å². The molecular weight excluding hydrogens is 244 g/mol. The van der Waals surface area contributed by atoms with Gasteiger partial charge in [-0.1, -0.05) is 0 Å². The zero-order valence-electron chi connectivity index (χ0n) is 11.3. The lowest BCUT2D eigenvalue weighted by molar-refractivity contribution is 0.0688. The Morgan fingerprint density at radius 1 is 1.47 bits per heavy atom. The summed E-state index contributed by atoms with van der Waals surface area (Å²) in [6, 6.07) is 1.90. The van der Waals surface area contributed by atoms with E-state index in [1.165, 1.54) is 0 Å². The summed E-state index contributed by atoms with van der Waals surface area (Å²) in [5.74, 6) is -0.559. The molecule has 1 saturated heterocycles. The maximum Gasteiger partial charge on any atom is 0.270 e. The van der Waals surface area contributed by atoms with E-state index in [1.807, 2.05) is 11.9 Å². The summed E-state index contributed by atoms with van der Waals surface area (Å²) >= 11 is 0. The number of amides is 2. The van der Waals surface area contributed by atoms with Crippen LogP contribution in [0.3, 0.4) is 0 Å². The highest BCUT2D eigenvalue weighted by Gasteiger charge is 2.25. The number of likely N-dealkylation sites (tertiary alicyclic amines) is 1. The van der Waals surface area contributed by atoms with Gasteiger partial charge in [-0.15, -0.1) is 0 Å². The molecule has 0 spiro atoms. The molecule has 0 bridgehead atoms. The quantitative estimate of drug-likeness (QED) is 0.803. The molecule has 1 atom stereocenters. The van der Waals surface area contributed by atoms with E-state index in [9.17, 15) is 9.59 Å². The Hall–Kier alpha value is -1.82. The van der Waals surface area contributed by atoms with Gasteiger partial charge in [0.25, 0.3) is 5.91 Å². The van der Waals surface area contributed by atoms with E-state index in [0.29, 0.717) is 23.8 Å². The number of likely N-dealkylation sites (N-methyl/N-ethyl adjacent to an activating group) is 1.